The van der Waals surface area contributed by atoms with Crippen LogP contribution < -0.4 is 0 Å². The van der Waals surface area contributed by atoms with Crippen molar-refractivity contribution in [1.29, 1.82) is 0 Å². The van der Waals surface area contributed by atoms with E-state index in [1.807, 2.05) is 38.1 Å². The summed E-state index contributed by atoms with van der Waals surface area (Å²) in [7, 11) is 0. The minimum atomic E-state index is -0.478. The molecule has 0 N–H and O–H groups in total. The Morgan fingerprint density at radius 1 is 1.35 bits per heavy atom. The maximum absolute atomic E-state index is 11.4. The number of cyclic esters (lactones) is 1. The Labute approximate surface area is 99.6 Å². The lowest BCUT2D eigenvalue weighted by Crippen LogP contribution is -2.05. The summed E-state index contributed by atoms with van der Waals surface area (Å²) in [4.78, 5) is 15.5. The average molecular weight is 231 g/mol. The molecule has 0 spiro atoms. The first-order chi connectivity index (χ1) is 8.20. The van der Waals surface area contributed by atoms with Gasteiger partial charge in [0.25, 0.3) is 0 Å². The molecule has 0 saturated carbocycles. The number of carbonyl (C=O) groups is 1. The molecule has 0 fully saturated rings. The first-order valence-corrected chi connectivity index (χ1v) is 5.40. The summed E-state index contributed by atoms with van der Waals surface area (Å²) in [6.45, 7) is 4.32. The van der Waals surface area contributed by atoms with E-state index >= 15 is 0 Å². The highest BCUT2D eigenvalue weighted by molar-refractivity contribution is 6.10. The van der Waals surface area contributed by atoms with Gasteiger partial charge in [-0.15, -0.1) is 0 Å². The summed E-state index contributed by atoms with van der Waals surface area (Å²) in [5, 5.41) is 0. The van der Waals surface area contributed by atoms with Gasteiger partial charge >= 0.3 is 5.97 Å². The molecule has 0 atom stereocenters. The quantitative estimate of drug-likeness (QED) is 0.455. The molecule has 0 unspecified atom stereocenters. The Morgan fingerprint density at radius 2 is 2.06 bits per heavy atom. The topological polar surface area (TPSA) is 47.9 Å². The third-order valence-electron chi connectivity index (χ3n) is 2.28. The van der Waals surface area contributed by atoms with Crippen LogP contribution in [0.25, 0.3) is 0 Å². The molecular formula is C13H13NO3. The third-order valence-corrected chi connectivity index (χ3v) is 2.28. The highest BCUT2D eigenvalue weighted by atomic mass is 16.6. The van der Waals surface area contributed by atoms with Crippen LogP contribution in [0.15, 0.2) is 41.2 Å². The smallest absolute Gasteiger partial charge is 0.367 e. The van der Waals surface area contributed by atoms with Gasteiger partial charge in [0.2, 0.25) is 5.90 Å². The van der Waals surface area contributed by atoms with Crippen molar-refractivity contribution >= 4 is 11.9 Å². The molecule has 0 amide bonds. The van der Waals surface area contributed by atoms with E-state index in [4.69, 9.17) is 9.47 Å². The Bertz CT molecular complexity index is 486. The maximum Gasteiger partial charge on any atom is 0.367 e. The Morgan fingerprint density at radius 3 is 2.71 bits per heavy atom. The lowest BCUT2D eigenvalue weighted by atomic mass is 10.1. The zero-order valence-corrected chi connectivity index (χ0v) is 9.77. The van der Waals surface area contributed by atoms with E-state index in [-0.39, 0.29) is 5.70 Å². The molecule has 4 nitrogen and oxygen atoms in total. The van der Waals surface area contributed by atoms with E-state index in [0.29, 0.717) is 12.5 Å². The number of benzene rings is 1. The van der Waals surface area contributed by atoms with E-state index in [9.17, 15) is 4.79 Å². The second-order valence-corrected chi connectivity index (χ2v) is 3.63. The van der Waals surface area contributed by atoms with Gasteiger partial charge in [0.15, 0.2) is 5.70 Å². The first kappa shape index (κ1) is 11.4. The zero-order valence-electron chi connectivity index (χ0n) is 9.77. The fourth-order valence-electron chi connectivity index (χ4n) is 1.37. The molecule has 0 aliphatic carbocycles. The fourth-order valence-corrected chi connectivity index (χ4v) is 1.37. The van der Waals surface area contributed by atoms with Crippen molar-refractivity contribution in [3.8, 4) is 0 Å². The number of aliphatic imine (C=N–C) groups is 1. The number of ether oxygens (including phenoxy) is 2. The number of hydrogen-bond donors (Lipinski definition) is 0. The van der Waals surface area contributed by atoms with Gasteiger partial charge in [-0.3, -0.25) is 0 Å². The molecule has 0 saturated heterocycles. The number of aryl methyl sites for hydroxylation is 1. The van der Waals surface area contributed by atoms with Gasteiger partial charge in [-0.25, -0.2) is 9.79 Å². The second-order valence-electron chi connectivity index (χ2n) is 3.63. The Balaban J connectivity index is 2.24. The summed E-state index contributed by atoms with van der Waals surface area (Å²) >= 11 is 0. The van der Waals surface area contributed by atoms with E-state index in [0.717, 1.165) is 11.1 Å². The molecular weight excluding hydrogens is 218 g/mol. The van der Waals surface area contributed by atoms with Crippen LogP contribution in [0.4, 0.5) is 0 Å². The van der Waals surface area contributed by atoms with Crippen LogP contribution in [-0.4, -0.2) is 18.5 Å². The highest BCUT2D eigenvalue weighted by Gasteiger charge is 2.24. The number of carbonyl (C=O) groups excluding carboxylic acids is 1. The summed E-state index contributed by atoms with van der Waals surface area (Å²) in [5.74, 6) is -0.157. The zero-order chi connectivity index (χ0) is 12.3. The molecule has 1 aromatic carbocycles. The lowest BCUT2D eigenvalue weighted by Gasteiger charge is -1.99. The second kappa shape index (κ2) is 4.82. The SMILES string of the molecule is CCOC=C1N=C(c2ccc(C)cc2)OC1=O. The lowest BCUT2D eigenvalue weighted by molar-refractivity contribution is -0.130. The third kappa shape index (κ3) is 2.53. The Hall–Kier alpha value is -2.10. The van der Waals surface area contributed by atoms with Crippen molar-refractivity contribution in [3.63, 3.8) is 0 Å². The standard InChI is InChI=1S/C13H13NO3/c1-3-16-8-11-13(15)17-12(14-11)10-6-4-9(2)5-7-10/h4-8H,3H2,1-2H3. The monoisotopic (exact) mass is 231 g/mol. The minimum Gasteiger partial charge on any atom is -0.499 e. The summed E-state index contributed by atoms with van der Waals surface area (Å²) in [5.41, 5.74) is 2.12. The van der Waals surface area contributed by atoms with E-state index in [1.165, 1.54) is 6.26 Å². The van der Waals surface area contributed by atoms with Gasteiger partial charge in [-0.2, -0.15) is 0 Å². The molecule has 1 aliphatic heterocycles. The largest absolute Gasteiger partial charge is 0.499 e. The van der Waals surface area contributed by atoms with Crippen molar-refractivity contribution in [1.82, 2.24) is 0 Å². The van der Waals surface area contributed by atoms with Crippen molar-refractivity contribution in [2.45, 2.75) is 13.8 Å². The molecule has 0 bridgehead atoms. The number of esters is 1. The maximum atomic E-state index is 11.4. The molecule has 17 heavy (non-hydrogen) atoms. The number of rotatable bonds is 3. The van der Waals surface area contributed by atoms with Gasteiger partial charge in [-0.1, -0.05) is 17.7 Å². The van der Waals surface area contributed by atoms with Gasteiger partial charge < -0.3 is 9.47 Å². The first-order valence-electron chi connectivity index (χ1n) is 5.40. The molecule has 1 heterocycles. The molecule has 1 aliphatic rings. The molecule has 2 rings (SSSR count). The van der Waals surface area contributed by atoms with Crippen LogP contribution >= 0.6 is 0 Å². The average Bonchev–Trinajstić information content (AvgIpc) is 2.69. The number of nitrogens with zero attached hydrogens (tertiary/aromatic N) is 1. The van der Waals surface area contributed by atoms with Crippen molar-refractivity contribution < 1.29 is 14.3 Å². The van der Waals surface area contributed by atoms with Gasteiger partial charge in [0.05, 0.1) is 6.61 Å². The number of hydrogen-bond acceptors (Lipinski definition) is 4. The Kier molecular flexibility index (Phi) is 3.23. The van der Waals surface area contributed by atoms with Crippen LogP contribution in [-0.2, 0) is 14.3 Å². The fraction of sp³-hybridized carbons (Fsp3) is 0.231. The van der Waals surface area contributed by atoms with Gasteiger partial charge in [0.1, 0.15) is 6.26 Å². The molecule has 0 aromatic heterocycles. The van der Waals surface area contributed by atoms with Crippen molar-refractivity contribution in [3.05, 3.63) is 47.4 Å². The van der Waals surface area contributed by atoms with Crippen LogP contribution in [0.1, 0.15) is 18.1 Å². The summed E-state index contributed by atoms with van der Waals surface area (Å²) < 4.78 is 10.1. The van der Waals surface area contributed by atoms with Crippen LogP contribution in [0, 0.1) is 6.92 Å². The van der Waals surface area contributed by atoms with Crippen LogP contribution in [0.3, 0.4) is 0 Å². The molecule has 88 valence electrons. The molecule has 1 aromatic rings. The van der Waals surface area contributed by atoms with Crippen molar-refractivity contribution in [2.24, 2.45) is 4.99 Å². The molecule has 4 heteroatoms. The van der Waals surface area contributed by atoms with Crippen LogP contribution in [0.5, 0.6) is 0 Å². The summed E-state index contributed by atoms with van der Waals surface area (Å²) in [6, 6.07) is 7.61. The van der Waals surface area contributed by atoms with E-state index < -0.39 is 5.97 Å². The van der Waals surface area contributed by atoms with Gasteiger partial charge in [0, 0.05) is 5.56 Å². The predicted molar refractivity (Wildman–Crippen MR) is 63.5 cm³/mol. The molecule has 0 radical (unpaired) electrons. The van der Waals surface area contributed by atoms with E-state index in [2.05, 4.69) is 4.99 Å². The predicted octanol–water partition coefficient (Wildman–Crippen LogP) is 2.18. The van der Waals surface area contributed by atoms with E-state index in [1.54, 1.807) is 0 Å². The van der Waals surface area contributed by atoms with Gasteiger partial charge in [-0.05, 0) is 26.0 Å². The minimum absolute atomic E-state index is 0.197. The normalized spacial score (nSPS) is 16.9. The van der Waals surface area contributed by atoms with Crippen LogP contribution in [0.2, 0.25) is 0 Å². The highest BCUT2D eigenvalue weighted by Crippen LogP contribution is 2.16. The van der Waals surface area contributed by atoms with Crippen molar-refractivity contribution in [2.75, 3.05) is 6.61 Å². The summed E-state index contributed by atoms with van der Waals surface area (Å²) in [6.07, 6.45) is 1.32.